The van der Waals surface area contributed by atoms with E-state index in [-0.39, 0.29) is 0 Å². The summed E-state index contributed by atoms with van der Waals surface area (Å²) in [5, 5.41) is 0. The quantitative estimate of drug-likeness (QED) is 0.210. The van der Waals surface area contributed by atoms with Gasteiger partial charge in [-0.3, -0.25) is 4.79 Å². The molecule has 35 heavy (non-hydrogen) atoms. The van der Waals surface area contributed by atoms with Crippen LogP contribution in [0.25, 0.3) is 0 Å². The highest BCUT2D eigenvalue weighted by Crippen LogP contribution is 2.37. The van der Waals surface area contributed by atoms with E-state index < -0.39 is 0 Å². The molecule has 0 aromatic heterocycles. The zero-order chi connectivity index (χ0) is 24.9. The van der Waals surface area contributed by atoms with Gasteiger partial charge in [0.2, 0.25) is 0 Å². The minimum absolute atomic E-state index is 0.291. The molecule has 1 aliphatic rings. The number of allylic oxidation sites excluding steroid dienone is 4. The zero-order valence-electron chi connectivity index (χ0n) is 22.5. The van der Waals surface area contributed by atoms with Crippen molar-refractivity contribution < 1.29 is 4.79 Å². The molecule has 0 heterocycles. The lowest BCUT2D eigenvalue weighted by Crippen LogP contribution is -2.08. The molecule has 1 atom stereocenters. The average Bonchev–Trinajstić information content (AvgIpc) is 2.86. The third-order valence-corrected chi connectivity index (χ3v) is 7.48. The van der Waals surface area contributed by atoms with E-state index in [1.165, 1.54) is 65.5 Å². The van der Waals surface area contributed by atoms with Gasteiger partial charge in [0.25, 0.3) is 0 Å². The van der Waals surface area contributed by atoms with E-state index in [2.05, 4.69) is 81.5 Å². The van der Waals surface area contributed by atoms with Crippen molar-refractivity contribution in [2.24, 2.45) is 0 Å². The van der Waals surface area contributed by atoms with Gasteiger partial charge in [0.05, 0.1) is 0 Å². The van der Waals surface area contributed by atoms with E-state index in [1.807, 2.05) is 0 Å². The van der Waals surface area contributed by atoms with Crippen molar-refractivity contribution in [1.82, 2.24) is 0 Å². The van der Waals surface area contributed by atoms with Crippen LogP contribution >= 0.6 is 0 Å². The number of Topliss-reactive ketones (excluding diaryl/α,β-unsaturated/α-hetero) is 1. The minimum Gasteiger partial charge on any atom is -0.299 e. The number of hydrogen-bond acceptors (Lipinski definition) is 1. The second kappa shape index (κ2) is 14.9. The van der Waals surface area contributed by atoms with Gasteiger partial charge >= 0.3 is 0 Å². The molecule has 0 aliphatic heterocycles. The topological polar surface area (TPSA) is 17.1 Å². The Bertz CT molecular complexity index is 959. The second-order valence-electron chi connectivity index (χ2n) is 10.4. The Morgan fingerprint density at radius 2 is 1.40 bits per heavy atom. The van der Waals surface area contributed by atoms with Crippen LogP contribution in [0.2, 0.25) is 0 Å². The molecule has 0 radical (unpaired) electrons. The van der Waals surface area contributed by atoms with Crippen molar-refractivity contribution in [2.45, 2.75) is 110 Å². The number of unbranched alkanes of at least 4 members (excludes halogenated alkanes) is 5. The van der Waals surface area contributed by atoms with Crippen molar-refractivity contribution in [3.8, 4) is 0 Å². The van der Waals surface area contributed by atoms with Gasteiger partial charge in [-0.1, -0.05) is 123 Å². The number of hydrogen-bond donors (Lipinski definition) is 0. The highest BCUT2D eigenvalue weighted by Gasteiger charge is 2.20. The predicted octanol–water partition coefficient (Wildman–Crippen LogP) is 9.83. The number of carbonyl (C=O) groups is 1. The average molecular weight is 471 g/mol. The first-order valence-corrected chi connectivity index (χ1v) is 14.1. The summed E-state index contributed by atoms with van der Waals surface area (Å²) >= 11 is 0. The van der Waals surface area contributed by atoms with Crippen molar-refractivity contribution in [2.75, 3.05) is 0 Å². The summed E-state index contributed by atoms with van der Waals surface area (Å²) in [6, 6.07) is 18.3. The first-order chi connectivity index (χ1) is 17.1. The fourth-order valence-electron chi connectivity index (χ4n) is 5.26. The Morgan fingerprint density at radius 1 is 0.771 bits per heavy atom. The number of carbonyl (C=O) groups excluding carboxylic acids is 1. The first-order valence-electron chi connectivity index (χ1n) is 14.1. The molecule has 0 spiro atoms. The number of rotatable bonds is 13. The van der Waals surface area contributed by atoms with Crippen LogP contribution in [0.15, 0.2) is 71.8 Å². The smallest absolute Gasteiger partial charge is 0.136 e. The van der Waals surface area contributed by atoms with Crippen LogP contribution < -0.4 is 0 Å². The third kappa shape index (κ3) is 8.95. The molecule has 1 aliphatic carbocycles. The van der Waals surface area contributed by atoms with E-state index in [0.717, 1.165) is 44.9 Å². The van der Waals surface area contributed by atoms with Crippen molar-refractivity contribution in [3.63, 3.8) is 0 Å². The standard InChI is InChI=1S/C34H46O/c1-4-6-7-8-9-10-15-33(35)26-29-13-11-12-14-30(25-20-29)34(31-21-16-27(3)17-22-31)32-23-18-28(5-2)19-24-32/h13-14,16-19,21-24,34H,4-12,15,20,25-26H2,1-3H3/b29-13+,30-14+. The Balaban J connectivity index is 1.65. The first kappa shape index (κ1) is 27.2. The summed E-state index contributed by atoms with van der Waals surface area (Å²) in [6.45, 7) is 6.62. The Hall–Kier alpha value is -2.41. The largest absolute Gasteiger partial charge is 0.299 e. The molecule has 188 valence electrons. The molecule has 0 amide bonds. The van der Waals surface area contributed by atoms with Gasteiger partial charge in [0.15, 0.2) is 0 Å². The fourth-order valence-corrected chi connectivity index (χ4v) is 5.26. The van der Waals surface area contributed by atoms with E-state index in [9.17, 15) is 4.79 Å². The summed E-state index contributed by atoms with van der Waals surface area (Å²) in [5.74, 6) is 0.725. The highest BCUT2D eigenvalue weighted by molar-refractivity contribution is 5.80. The fraction of sp³-hybridized carbons (Fsp3) is 0.500. The van der Waals surface area contributed by atoms with Crippen LogP contribution in [0.1, 0.15) is 119 Å². The summed E-state index contributed by atoms with van der Waals surface area (Å²) < 4.78 is 0. The molecule has 0 fully saturated rings. The van der Waals surface area contributed by atoms with Gasteiger partial charge in [-0.2, -0.15) is 0 Å². The molecule has 3 rings (SSSR count). The summed E-state index contributed by atoms with van der Waals surface area (Å²) in [4.78, 5) is 12.7. The van der Waals surface area contributed by atoms with Crippen LogP contribution in [-0.2, 0) is 11.2 Å². The molecule has 1 unspecified atom stereocenters. The molecule has 0 bridgehead atoms. The lowest BCUT2D eigenvalue weighted by molar-refractivity contribution is -0.118. The van der Waals surface area contributed by atoms with Crippen molar-refractivity contribution in [1.29, 1.82) is 0 Å². The van der Waals surface area contributed by atoms with E-state index in [0.29, 0.717) is 18.1 Å². The maximum Gasteiger partial charge on any atom is 0.136 e. The van der Waals surface area contributed by atoms with E-state index in [1.54, 1.807) is 0 Å². The normalized spacial score (nSPS) is 18.0. The van der Waals surface area contributed by atoms with Crippen LogP contribution in [0, 0.1) is 6.92 Å². The van der Waals surface area contributed by atoms with E-state index >= 15 is 0 Å². The number of benzene rings is 2. The molecule has 2 aromatic rings. The van der Waals surface area contributed by atoms with Crippen LogP contribution in [0.4, 0.5) is 0 Å². The Kier molecular flexibility index (Phi) is 11.5. The summed E-state index contributed by atoms with van der Waals surface area (Å²) in [5.41, 5.74) is 8.30. The molecule has 0 saturated heterocycles. The maximum atomic E-state index is 12.7. The Morgan fingerprint density at radius 3 is 2.09 bits per heavy atom. The van der Waals surface area contributed by atoms with Gasteiger partial charge < -0.3 is 0 Å². The maximum absolute atomic E-state index is 12.7. The molecule has 0 saturated carbocycles. The summed E-state index contributed by atoms with van der Waals surface area (Å²) in [6.07, 6.45) is 18.9. The van der Waals surface area contributed by atoms with Crippen LogP contribution in [-0.4, -0.2) is 5.78 Å². The Labute approximate surface area is 214 Å². The molecular weight excluding hydrogens is 424 g/mol. The van der Waals surface area contributed by atoms with Crippen LogP contribution in [0.3, 0.4) is 0 Å². The second-order valence-corrected chi connectivity index (χ2v) is 10.4. The summed E-state index contributed by atoms with van der Waals surface area (Å²) in [7, 11) is 0. The molecule has 0 N–H and O–H groups in total. The molecule has 1 nitrogen and oxygen atoms in total. The lowest BCUT2D eigenvalue weighted by atomic mass is 9.80. The van der Waals surface area contributed by atoms with Crippen molar-refractivity contribution in [3.05, 3.63) is 94.1 Å². The molecule has 2 aromatic carbocycles. The van der Waals surface area contributed by atoms with Gasteiger partial charge in [0.1, 0.15) is 5.78 Å². The third-order valence-electron chi connectivity index (χ3n) is 7.48. The SMILES string of the molecule is CCCCCCCCC(=O)C/C1=C/CC/C=C(/C(c2ccc(C)cc2)c2ccc(CC)cc2)CC1. The van der Waals surface area contributed by atoms with Gasteiger partial charge in [0, 0.05) is 18.8 Å². The van der Waals surface area contributed by atoms with Crippen LogP contribution in [0.5, 0.6) is 0 Å². The van der Waals surface area contributed by atoms with Gasteiger partial charge in [-0.15, -0.1) is 0 Å². The minimum atomic E-state index is 0.291. The number of ketones is 1. The molecular formula is C34H46O. The van der Waals surface area contributed by atoms with E-state index in [4.69, 9.17) is 0 Å². The monoisotopic (exact) mass is 470 g/mol. The van der Waals surface area contributed by atoms with Gasteiger partial charge in [-0.25, -0.2) is 0 Å². The van der Waals surface area contributed by atoms with Gasteiger partial charge in [-0.05, 0) is 62.1 Å². The lowest BCUT2D eigenvalue weighted by Gasteiger charge is -2.24. The number of aryl methyl sites for hydroxylation is 2. The molecule has 1 heteroatoms. The predicted molar refractivity (Wildman–Crippen MR) is 151 cm³/mol. The highest BCUT2D eigenvalue weighted by atomic mass is 16.1. The van der Waals surface area contributed by atoms with Crippen molar-refractivity contribution >= 4 is 5.78 Å². The zero-order valence-corrected chi connectivity index (χ0v) is 22.5.